The number of hydrogen-bond acceptors (Lipinski definition) is 4. The van der Waals surface area contributed by atoms with Gasteiger partial charge in [-0.3, -0.25) is 4.79 Å². The van der Waals surface area contributed by atoms with E-state index < -0.39 is 5.91 Å². The van der Waals surface area contributed by atoms with Crippen molar-refractivity contribution in [3.8, 4) is 17.6 Å². The first-order chi connectivity index (χ1) is 15.8. The van der Waals surface area contributed by atoms with Gasteiger partial charge in [-0.2, -0.15) is 5.26 Å². The third-order valence-electron chi connectivity index (χ3n) is 5.28. The molecule has 0 aromatic heterocycles. The summed E-state index contributed by atoms with van der Waals surface area (Å²) in [4.78, 5) is 12.7. The molecule has 0 atom stereocenters. The monoisotopic (exact) mass is 504 g/mol. The minimum absolute atomic E-state index is 0.0156. The number of methoxy groups -OCH3 is 1. The summed E-state index contributed by atoms with van der Waals surface area (Å²) in [6, 6.07) is 19.3. The van der Waals surface area contributed by atoms with Crippen molar-refractivity contribution >= 4 is 33.6 Å². The van der Waals surface area contributed by atoms with Crippen LogP contribution in [0.5, 0.6) is 11.5 Å². The second kappa shape index (κ2) is 10.8. The average molecular weight is 505 g/mol. The Morgan fingerprint density at radius 1 is 1.12 bits per heavy atom. The fourth-order valence-corrected chi connectivity index (χ4v) is 3.77. The van der Waals surface area contributed by atoms with Gasteiger partial charge >= 0.3 is 0 Å². The second-order valence-corrected chi connectivity index (χ2v) is 8.53. The van der Waals surface area contributed by atoms with Gasteiger partial charge in [-0.1, -0.05) is 42.0 Å². The Morgan fingerprint density at radius 3 is 2.52 bits per heavy atom. The fourth-order valence-electron chi connectivity index (χ4n) is 3.19. The van der Waals surface area contributed by atoms with E-state index in [2.05, 4.69) is 21.2 Å². The van der Waals surface area contributed by atoms with E-state index in [4.69, 9.17) is 9.47 Å². The highest BCUT2D eigenvalue weighted by molar-refractivity contribution is 9.10. The normalized spacial score (nSPS) is 11.0. The molecule has 3 rings (SSSR count). The van der Waals surface area contributed by atoms with E-state index in [1.165, 1.54) is 11.6 Å². The van der Waals surface area contributed by atoms with Crippen molar-refractivity contribution in [3.05, 3.63) is 92.5 Å². The molecule has 0 aliphatic carbocycles. The van der Waals surface area contributed by atoms with Gasteiger partial charge in [0.2, 0.25) is 0 Å². The van der Waals surface area contributed by atoms with Crippen LogP contribution >= 0.6 is 15.9 Å². The summed E-state index contributed by atoms with van der Waals surface area (Å²) in [5.74, 6) is 0.574. The third-order valence-corrected chi connectivity index (χ3v) is 5.87. The Bertz CT molecular complexity index is 1240. The number of amides is 1. The molecule has 168 valence electrons. The van der Waals surface area contributed by atoms with Gasteiger partial charge in [0.25, 0.3) is 5.91 Å². The first-order valence-electron chi connectivity index (χ1n) is 10.4. The molecule has 33 heavy (non-hydrogen) atoms. The molecule has 0 bridgehead atoms. The standard InChI is InChI=1S/C27H25BrN2O3/c1-17-8-10-20(11-9-17)16-33-26-23(28)13-21(14-25(26)32-4)12-22(15-29)27(31)30-24-7-5-6-18(2)19(24)3/h5-14H,16H2,1-4H3,(H,30,31)/b22-12-. The van der Waals surface area contributed by atoms with Crippen molar-refractivity contribution in [2.45, 2.75) is 27.4 Å². The summed E-state index contributed by atoms with van der Waals surface area (Å²) in [6.45, 7) is 6.32. The van der Waals surface area contributed by atoms with E-state index in [0.29, 0.717) is 33.8 Å². The van der Waals surface area contributed by atoms with Gasteiger partial charge in [0.15, 0.2) is 11.5 Å². The number of carbonyl (C=O) groups is 1. The molecule has 0 aliphatic heterocycles. The topological polar surface area (TPSA) is 71.3 Å². The molecule has 0 spiro atoms. The van der Waals surface area contributed by atoms with Crippen LogP contribution in [0, 0.1) is 32.1 Å². The van der Waals surface area contributed by atoms with E-state index in [9.17, 15) is 10.1 Å². The van der Waals surface area contributed by atoms with Gasteiger partial charge in [-0.05, 0) is 83.2 Å². The molecule has 0 radical (unpaired) electrons. The maximum absolute atomic E-state index is 12.7. The number of nitriles is 1. The highest BCUT2D eigenvalue weighted by Gasteiger charge is 2.15. The van der Waals surface area contributed by atoms with Gasteiger partial charge < -0.3 is 14.8 Å². The number of aryl methyl sites for hydroxylation is 2. The molecular formula is C27H25BrN2O3. The SMILES string of the molecule is COc1cc(/C=C(/C#N)C(=O)Nc2cccc(C)c2C)cc(Br)c1OCc1ccc(C)cc1. The lowest BCUT2D eigenvalue weighted by Crippen LogP contribution is -2.14. The van der Waals surface area contributed by atoms with Gasteiger partial charge in [0.05, 0.1) is 11.6 Å². The maximum atomic E-state index is 12.7. The molecule has 3 aromatic carbocycles. The van der Waals surface area contributed by atoms with Crippen molar-refractivity contribution in [2.24, 2.45) is 0 Å². The lowest BCUT2D eigenvalue weighted by atomic mass is 10.1. The first-order valence-corrected chi connectivity index (χ1v) is 11.2. The van der Waals surface area contributed by atoms with Crippen LogP contribution in [0.4, 0.5) is 5.69 Å². The molecule has 0 heterocycles. The summed E-state index contributed by atoms with van der Waals surface area (Å²) in [5, 5.41) is 12.4. The fraction of sp³-hybridized carbons (Fsp3) is 0.185. The van der Waals surface area contributed by atoms with Gasteiger partial charge in [-0.15, -0.1) is 0 Å². The highest BCUT2D eigenvalue weighted by Crippen LogP contribution is 2.38. The lowest BCUT2D eigenvalue weighted by molar-refractivity contribution is -0.112. The zero-order valence-electron chi connectivity index (χ0n) is 19.0. The number of ether oxygens (including phenoxy) is 2. The number of halogens is 1. The molecule has 3 aromatic rings. The van der Waals surface area contributed by atoms with E-state index in [1.807, 2.05) is 69.3 Å². The number of anilines is 1. The van der Waals surface area contributed by atoms with E-state index in [-0.39, 0.29) is 5.57 Å². The molecule has 0 saturated heterocycles. The van der Waals surface area contributed by atoms with Crippen LogP contribution in [0.1, 0.15) is 27.8 Å². The molecule has 0 aliphatic rings. The van der Waals surface area contributed by atoms with E-state index in [0.717, 1.165) is 16.7 Å². The molecule has 6 heteroatoms. The van der Waals surface area contributed by atoms with Crippen LogP contribution in [0.15, 0.2) is 64.6 Å². The van der Waals surface area contributed by atoms with Crippen LogP contribution in [0.3, 0.4) is 0 Å². The predicted molar refractivity (Wildman–Crippen MR) is 134 cm³/mol. The summed E-state index contributed by atoms with van der Waals surface area (Å²) in [6.07, 6.45) is 1.53. The molecule has 0 fully saturated rings. The van der Waals surface area contributed by atoms with Gasteiger partial charge in [0, 0.05) is 5.69 Å². The molecule has 0 saturated carbocycles. The number of carbonyl (C=O) groups excluding carboxylic acids is 1. The smallest absolute Gasteiger partial charge is 0.266 e. The number of nitrogens with zero attached hydrogens (tertiary/aromatic N) is 1. The quantitative estimate of drug-likeness (QED) is 0.294. The number of benzene rings is 3. The van der Waals surface area contributed by atoms with Crippen LogP contribution in [-0.4, -0.2) is 13.0 Å². The Kier molecular flexibility index (Phi) is 7.92. The predicted octanol–water partition coefficient (Wildman–Crippen LogP) is 6.51. The first kappa shape index (κ1) is 24.1. The maximum Gasteiger partial charge on any atom is 0.266 e. The van der Waals surface area contributed by atoms with Crippen LogP contribution in [0.25, 0.3) is 6.08 Å². The van der Waals surface area contributed by atoms with E-state index in [1.54, 1.807) is 19.2 Å². The van der Waals surface area contributed by atoms with Crippen molar-refractivity contribution in [1.82, 2.24) is 0 Å². The Morgan fingerprint density at radius 2 is 1.85 bits per heavy atom. The summed E-state index contributed by atoms with van der Waals surface area (Å²) in [5.41, 5.74) is 5.54. The van der Waals surface area contributed by atoms with Crippen LogP contribution < -0.4 is 14.8 Å². The Balaban J connectivity index is 1.83. The lowest BCUT2D eigenvalue weighted by Gasteiger charge is -2.14. The average Bonchev–Trinajstić information content (AvgIpc) is 2.80. The second-order valence-electron chi connectivity index (χ2n) is 7.68. The molecule has 0 unspecified atom stereocenters. The van der Waals surface area contributed by atoms with Crippen molar-refractivity contribution in [2.75, 3.05) is 12.4 Å². The van der Waals surface area contributed by atoms with E-state index >= 15 is 0 Å². The Labute approximate surface area is 202 Å². The number of rotatable bonds is 7. The third kappa shape index (κ3) is 6.03. The minimum atomic E-state index is -0.471. The number of nitrogens with one attached hydrogen (secondary N) is 1. The molecule has 1 N–H and O–H groups in total. The van der Waals surface area contributed by atoms with Crippen LogP contribution in [-0.2, 0) is 11.4 Å². The van der Waals surface area contributed by atoms with Crippen LogP contribution in [0.2, 0.25) is 0 Å². The minimum Gasteiger partial charge on any atom is -0.493 e. The summed E-state index contributed by atoms with van der Waals surface area (Å²) in [7, 11) is 1.55. The zero-order chi connectivity index (χ0) is 24.0. The summed E-state index contributed by atoms with van der Waals surface area (Å²) >= 11 is 3.53. The zero-order valence-corrected chi connectivity index (χ0v) is 20.6. The Hall–Kier alpha value is -3.56. The molecular weight excluding hydrogens is 480 g/mol. The van der Waals surface area contributed by atoms with Crippen molar-refractivity contribution in [1.29, 1.82) is 5.26 Å². The van der Waals surface area contributed by atoms with Crippen molar-refractivity contribution < 1.29 is 14.3 Å². The van der Waals surface area contributed by atoms with Crippen molar-refractivity contribution in [3.63, 3.8) is 0 Å². The largest absolute Gasteiger partial charge is 0.493 e. The molecule has 5 nitrogen and oxygen atoms in total. The highest BCUT2D eigenvalue weighted by atomic mass is 79.9. The molecule has 1 amide bonds. The van der Waals surface area contributed by atoms with Gasteiger partial charge in [0.1, 0.15) is 18.2 Å². The van der Waals surface area contributed by atoms with Gasteiger partial charge in [-0.25, -0.2) is 0 Å². The number of hydrogen-bond donors (Lipinski definition) is 1. The summed E-state index contributed by atoms with van der Waals surface area (Å²) < 4.78 is 12.2.